The Morgan fingerprint density at radius 3 is 1.14 bits per heavy atom. The second-order valence-corrected chi connectivity index (χ2v) is 14.6. The van der Waals surface area contributed by atoms with Crippen molar-refractivity contribution in [3.05, 3.63) is 96.7 Å². The molecule has 50 heavy (non-hydrogen) atoms. The summed E-state index contributed by atoms with van der Waals surface area (Å²) in [5.41, 5.74) is 2.36. The van der Waals surface area contributed by atoms with Crippen LogP contribution in [0.15, 0.2) is 94.0 Å². The summed E-state index contributed by atoms with van der Waals surface area (Å²) >= 11 is 0. The molecule has 4 heteroatoms. The van der Waals surface area contributed by atoms with Gasteiger partial charge >= 0.3 is 0 Å². The number of hydrogen-bond donors (Lipinski definition) is 0. The molecule has 0 fully saturated rings. The number of fused-ring (bicyclic) bond motifs is 7. The topological polar surface area (TPSA) is 36.1 Å². The molecule has 0 saturated heterocycles. The molecule has 0 bridgehead atoms. The van der Waals surface area contributed by atoms with Crippen LogP contribution in [0.3, 0.4) is 0 Å². The fourth-order valence-electron chi connectivity index (χ4n) is 7.99. The van der Waals surface area contributed by atoms with Gasteiger partial charge in [0.15, 0.2) is 0 Å². The third-order valence-corrected chi connectivity index (χ3v) is 10.9. The Bertz CT molecular complexity index is 1970. The standard InChI is InChI=1S/C46H56N2O2/c1-3-5-7-9-11-13-15-17-19-35-21-29-45(49-35)47-33-31-41-39-23-24-40-38(37(39)25-27-43(41)47)26-28-44-42(40)32-34-48(44)46-30-22-36(50-46)20-18-16-14-12-10-8-6-4-2/h21-34H,3-20H2,1-2H3. The van der Waals surface area contributed by atoms with Crippen molar-refractivity contribution in [3.63, 3.8) is 0 Å². The number of unbranched alkanes of at least 4 members (excludes halogenated alkanes) is 14. The highest BCUT2D eigenvalue weighted by atomic mass is 16.4. The van der Waals surface area contributed by atoms with E-state index in [0.29, 0.717) is 0 Å². The molecule has 4 nitrogen and oxygen atoms in total. The van der Waals surface area contributed by atoms with Gasteiger partial charge in [0.25, 0.3) is 0 Å². The Kier molecular flexibility index (Phi) is 11.4. The lowest BCUT2D eigenvalue weighted by Gasteiger charge is -2.09. The first-order valence-electron chi connectivity index (χ1n) is 19.9. The van der Waals surface area contributed by atoms with Gasteiger partial charge in [-0.3, -0.25) is 9.13 Å². The zero-order valence-corrected chi connectivity index (χ0v) is 30.5. The molecule has 4 aromatic heterocycles. The predicted octanol–water partition coefficient (Wildman–Crippen LogP) is 14.4. The van der Waals surface area contributed by atoms with E-state index in [1.807, 2.05) is 0 Å². The van der Waals surface area contributed by atoms with Gasteiger partial charge in [0, 0.05) is 48.1 Å². The SMILES string of the molecule is CCCCCCCCCCc1ccc(-n2ccc3c4ccc5c(ccc6c5ccn6-c5ccc(CCCCCCCCCC)o5)c4ccc32)o1. The molecule has 0 N–H and O–H groups in total. The van der Waals surface area contributed by atoms with E-state index in [0.717, 1.165) is 36.1 Å². The Morgan fingerprint density at radius 2 is 0.720 bits per heavy atom. The van der Waals surface area contributed by atoms with Crippen LogP contribution in [0.4, 0.5) is 0 Å². The van der Waals surface area contributed by atoms with Gasteiger partial charge in [0.05, 0.1) is 11.0 Å². The minimum Gasteiger partial charge on any atom is -0.445 e. The maximum Gasteiger partial charge on any atom is 0.204 e. The number of rotatable bonds is 20. The van der Waals surface area contributed by atoms with Gasteiger partial charge in [-0.25, -0.2) is 0 Å². The largest absolute Gasteiger partial charge is 0.445 e. The zero-order valence-electron chi connectivity index (χ0n) is 30.5. The molecular formula is C46H56N2O2. The van der Waals surface area contributed by atoms with Crippen LogP contribution in [0.1, 0.15) is 128 Å². The van der Waals surface area contributed by atoms with E-state index in [1.54, 1.807) is 0 Å². The van der Waals surface area contributed by atoms with Crippen molar-refractivity contribution in [1.29, 1.82) is 0 Å². The molecular weight excluding hydrogens is 613 g/mol. The average molecular weight is 669 g/mol. The normalized spacial score (nSPS) is 12.0. The van der Waals surface area contributed by atoms with Gasteiger partial charge in [0.1, 0.15) is 11.5 Å². The minimum absolute atomic E-state index is 0.900. The van der Waals surface area contributed by atoms with Crippen molar-refractivity contribution in [1.82, 2.24) is 9.13 Å². The van der Waals surface area contributed by atoms with E-state index in [-0.39, 0.29) is 0 Å². The van der Waals surface area contributed by atoms with Crippen LogP contribution in [0.25, 0.3) is 55.1 Å². The molecule has 262 valence electrons. The number of benzene rings is 3. The number of aryl methyl sites for hydroxylation is 2. The van der Waals surface area contributed by atoms with Crippen molar-refractivity contribution in [2.45, 2.75) is 129 Å². The van der Waals surface area contributed by atoms with Crippen LogP contribution in [-0.2, 0) is 12.8 Å². The molecule has 0 aliphatic heterocycles. The van der Waals surface area contributed by atoms with E-state index < -0.39 is 0 Å². The minimum atomic E-state index is 0.900. The molecule has 0 saturated carbocycles. The van der Waals surface area contributed by atoms with E-state index in [2.05, 4.69) is 108 Å². The highest BCUT2D eigenvalue weighted by Gasteiger charge is 2.15. The molecule has 0 amide bonds. The average Bonchev–Trinajstić information content (AvgIpc) is 3.96. The molecule has 0 radical (unpaired) electrons. The van der Waals surface area contributed by atoms with Crippen molar-refractivity contribution in [3.8, 4) is 11.8 Å². The quantitative estimate of drug-likeness (QED) is 0.0598. The van der Waals surface area contributed by atoms with E-state index in [9.17, 15) is 0 Å². The summed E-state index contributed by atoms with van der Waals surface area (Å²) in [6.45, 7) is 4.56. The fraction of sp³-hybridized carbons (Fsp3) is 0.435. The second kappa shape index (κ2) is 16.7. The first-order valence-corrected chi connectivity index (χ1v) is 19.9. The Hall–Kier alpha value is -4.18. The summed E-state index contributed by atoms with van der Waals surface area (Å²) in [7, 11) is 0. The molecule has 3 aromatic carbocycles. The van der Waals surface area contributed by atoms with Crippen LogP contribution >= 0.6 is 0 Å². The molecule has 0 aliphatic carbocycles. The maximum absolute atomic E-state index is 6.36. The molecule has 7 aromatic rings. The third kappa shape index (κ3) is 7.60. The van der Waals surface area contributed by atoms with Crippen molar-refractivity contribution >= 4 is 43.4 Å². The van der Waals surface area contributed by atoms with Crippen LogP contribution in [-0.4, -0.2) is 9.13 Å². The molecule has 7 rings (SSSR count). The van der Waals surface area contributed by atoms with Gasteiger partial charge < -0.3 is 8.83 Å². The number of hydrogen-bond acceptors (Lipinski definition) is 2. The summed E-state index contributed by atoms with van der Waals surface area (Å²) in [4.78, 5) is 0. The predicted molar refractivity (Wildman–Crippen MR) is 212 cm³/mol. The third-order valence-electron chi connectivity index (χ3n) is 10.9. The van der Waals surface area contributed by atoms with Crippen molar-refractivity contribution in [2.75, 3.05) is 0 Å². The highest BCUT2D eigenvalue weighted by Crippen LogP contribution is 2.37. The molecule has 0 unspecified atom stereocenters. The van der Waals surface area contributed by atoms with Crippen LogP contribution < -0.4 is 0 Å². The van der Waals surface area contributed by atoms with E-state index in [4.69, 9.17) is 8.83 Å². The number of nitrogens with zero attached hydrogens (tertiary/aromatic N) is 2. The van der Waals surface area contributed by atoms with Crippen LogP contribution in [0, 0.1) is 0 Å². The van der Waals surface area contributed by atoms with Gasteiger partial charge in [-0.05, 0) is 70.8 Å². The highest BCUT2D eigenvalue weighted by molar-refractivity contribution is 6.21. The Morgan fingerprint density at radius 1 is 0.360 bits per heavy atom. The molecule has 0 spiro atoms. The molecule has 0 aliphatic rings. The maximum atomic E-state index is 6.36. The fourth-order valence-corrected chi connectivity index (χ4v) is 7.99. The Balaban J connectivity index is 1.03. The van der Waals surface area contributed by atoms with Gasteiger partial charge in [-0.2, -0.15) is 0 Å². The van der Waals surface area contributed by atoms with Crippen molar-refractivity contribution < 1.29 is 8.83 Å². The molecule has 4 heterocycles. The van der Waals surface area contributed by atoms with Gasteiger partial charge in [0.2, 0.25) is 11.8 Å². The lowest BCUT2D eigenvalue weighted by molar-refractivity contribution is 0.477. The summed E-state index contributed by atoms with van der Waals surface area (Å²) < 4.78 is 17.1. The summed E-state index contributed by atoms with van der Waals surface area (Å²) in [5, 5.41) is 7.61. The number of furan rings is 2. The zero-order chi connectivity index (χ0) is 34.1. The monoisotopic (exact) mass is 668 g/mol. The van der Waals surface area contributed by atoms with Crippen LogP contribution in [0.2, 0.25) is 0 Å². The smallest absolute Gasteiger partial charge is 0.204 e. The lowest BCUT2D eigenvalue weighted by Crippen LogP contribution is -1.90. The molecule has 0 atom stereocenters. The summed E-state index contributed by atoms with van der Waals surface area (Å²) in [6, 6.07) is 26.7. The summed E-state index contributed by atoms with van der Waals surface area (Å²) in [6.07, 6.45) is 27.6. The second-order valence-electron chi connectivity index (χ2n) is 14.6. The van der Waals surface area contributed by atoms with Crippen LogP contribution in [0.5, 0.6) is 0 Å². The Labute approximate surface area is 298 Å². The van der Waals surface area contributed by atoms with Gasteiger partial charge in [-0.1, -0.05) is 128 Å². The first kappa shape index (κ1) is 34.3. The van der Waals surface area contributed by atoms with E-state index >= 15 is 0 Å². The van der Waals surface area contributed by atoms with Gasteiger partial charge in [-0.15, -0.1) is 0 Å². The lowest BCUT2D eigenvalue weighted by atomic mass is 9.98. The van der Waals surface area contributed by atoms with E-state index in [1.165, 1.54) is 146 Å². The van der Waals surface area contributed by atoms with Crippen molar-refractivity contribution in [2.24, 2.45) is 0 Å². The first-order chi connectivity index (χ1) is 24.7. The summed E-state index contributed by atoms with van der Waals surface area (Å²) in [5.74, 6) is 3.97. The number of aromatic nitrogens is 2.